The van der Waals surface area contributed by atoms with Gasteiger partial charge in [0, 0.05) is 31.2 Å². The summed E-state index contributed by atoms with van der Waals surface area (Å²) in [7, 11) is 0. The molecule has 1 aliphatic heterocycles. The summed E-state index contributed by atoms with van der Waals surface area (Å²) < 4.78 is 0. The van der Waals surface area contributed by atoms with Crippen LogP contribution >= 0.6 is 0 Å². The highest BCUT2D eigenvalue weighted by Gasteiger charge is 2.31. The van der Waals surface area contributed by atoms with Gasteiger partial charge >= 0.3 is 0 Å². The van der Waals surface area contributed by atoms with E-state index in [0.717, 1.165) is 50.4 Å². The van der Waals surface area contributed by atoms with E-state index in [0.29, 0.717) is 12.0 Å². The standard InChI is InChI=1S/C14H20N4O/c1-10-15-7-4-13(16-10)18-8-5-12(6-9-18)17-14(19)11-2-3-11/h4,7,11-12H,2-3,5-6,8-9H2,1H3,(H,17,19). The predicted molar refractivity (Wildman–Crippen MR) is 72.9 cm³/mol. The van der Waals surface area contributed by atoms with E-state index in [1.54, 1.807) is 6.20 Å². The van der Waals surface area contributed by atoms with Gasteiger partial charge in [-0.25, -0.2) is 9.97 Å². The minimum Gasteiger partial charge on any atom is -0.356 e. The van der Waals surface area contributed by atoms with Gasteiger partial charge in [-0.15, -0.1) is 0 Å². The Bertz CT molecular complexity index is 464. The number of aryl methyl sites for hydroxylation is 1. The molecule has 1 saturated carbocycles. The lowest BCUT2D eigenvalue weighted by Crippen LogP contribution is -2.45. The molecule has 1 aromatic heterocycles. The molecule has 1 aromatic rings. The zero-order valence-corrected chi connectivity index (χ0v) is 11.3. The number of nitrogens with one attached hydrogen (secondary N) is 1. The van der Waals surface area contributed by atoms with Crippen molar-refractivity contribution in [3.05, 3.63) is 18.1 Å². The molecule has 1 saturated heterocycles. The van der Waals surface area contributed by atoms with Gasteiger partial charge in [0.25, 0.3) is 0 Å². The number of hydrogen-bond donors (Lipinski definition) is 1. The lowest BCUT2D eigenvalue weighted by Gasteiger charge is -2.33. The number of carbonyl (C=O) groups excluding carboxylic acids is 1. The highest BCUT2D eigenvalue weighted by atomic mass is 16.2. The summed E-state index contributed by atoms with van der Waals surface area (Å²) in [4.78, 5) is 22.6. The average Bonchev–Trinajstić information content (AvgIpc) is 3.24. The number of nitrogens with zero attached hydrogens (tertiary/aromatic N) is 3. The van der Waals surface area contributed by atoms with Crippen molar-refractivity contribution in [2.45, 2.75) is 38.6 Å². The number of aromatic nitrogens is 2. The lowest BCUT2D eigenvalue weighted by molar-refractivity contribution is -0.123. The molecule has 1 amide bonds. The van der Waals surface area contributed by atoms with E-state index < -0.39 is 0 Å². The molecule has 102 valence electrons. The van der Waals surface area contributed by atoms with Crippen LogP contribution in [0.2, 0.25) is 0 Å². The van der Waals surface area contributed by atoms with E-state index in [1.807, 2.05) is 13.0 Å². The molecule has 0 radical (unpaired) electrons. The molecule has 2 heterocycles. The van der Waals surface area contributed by atoms with Gasteiger partial charge in [0.2, 0.25) is 5.91 Å². The van der Waals surface area contributed by atoms with Crippen LogP contribution in [0.15, 0.2) is 12.3 Å². The first-order valence-electron chi connectivity index (χ1n) is 7.07. The predicted octanol–water partition coefficient (Wildman–Crippen LogP) is 1.28. The number of carbonyl (C=O) groups is 1. The van der Waals surface area contributed by atoms with Crippen molar-refractivity contribution < 1.29 is 4.79 Å². The maximum absolute atomic E-state index is 11.7. The van der Waals surface area contributed by atoms with Gasteiger partial charge in [-0.1, -0.05) is 0 Å². The summed E-state index contributed by atoms with van der Waals surface area (Å²) in [6, 6.07) is 2.29. The number of amides is 1. The first kappa shape index (κ1) is 12.4. The van der Waals surface area contributed by atoms with Crippen LogP contribution in [0.1, 0.15) is 31.5 Å². The Labute approximate surface area is 113 Å². The summed E-state index contributed by atoms with van der Waals surface area (Å²) in [5.74, 6) is 2.38. The van der Waals surface area contributed by atoms with Gasteiger partial charge in [0.1, 0.15) is 11.6 Å². The van der Waals surface area contributed by atoms with Crippen LogP contribution in [0.4, 0.5) is 5.82 Å². The smallest absolute Gasteiger partial charge is 0.223 e. The Kier molecular flexibility index (Phi) is 3.36. The molecule has 0 unspecified atom stereocenters. The summed E-state index contributed by atoms with van der Waals surface area (Å²) in [6.07, 6.45) is 5.96. The molecule has 1 N–H and O–H groups in total. The fourth-order valence-electron chi connectivity index (χ4n) is 2.54. The Morgan fingerprint density at radius 3 is 2.68 bits per heavy atom. The number of hydrogen-bond acceptors (Lipinski definition) is 4. The number of rotatable bonds is 3. The molecule has 19 heavy (non-hydrogen) atoms. The fourth-order valence-corrected chi connectivity index (χ4v) is 2.54. The molecule has 0 aromatic carbocycles. The summed E-state index contributed by atoms with van der Waals surface area (Å²) in [6.45, 7) is 3.81. The highest BCUT2D eigenvalue weighted by molar-refractivity contribution is 5.81. The molecule has 2 fully saturated rings. The van der Waals surface area contributed by atoms with Gasteiger partial charge in [-0.3, -0.25) is 4.79 Å². The van der Waals surface area contributed by atoms with Crippen molar-refractivity contribution in [2.24, 2.45) is 5.92 Å². The van der Waals surface area contributed by atoms with Crippen molar-refractivity contribution in [1.82, 2.24) is 15.3 Å². The minimum atomic E-state index is 0.260. The molecule has 1 aliphatic carbocycles. The first-order valence-corrected chi connectivity index (χ1v) is 7.07. The topological polar surface area (TPSA) is 58.1 Å². The molecular weight excluding hydrogens is 240 g/mol. The molecule has 5 heteroatoms. The number of piperidine rings is 1. The van der Waals surface area contributed by atoms with Crippen LogP contribution in [-0.2, 0) is 4.79 Å². The molecule has 5 nitrogen and oxygen atoms in total. The first-order chi connectivity index (χ1) is 9.22. The summed E-state index contributed by atoms with van der Waals surface area (Å²) >= 11 is 0. The van der Waals surface area contributed by atoms with Crippen molar-refractivity contribution in [3.63, 3.8) is 0 Å². The Balaban J connectivity index is 1.52. The maximum atomic E-state index is 11.7. The Morgan fingerprint density at radius 1 is 1.32 bits per heavy atom. The summed E-state index contributed by atoms with van der Waals surface area (Å²) in [5, 5.41) is 3.17. The van der Waals surface area contributed by atoms with Crippen LogP contribution in [0.25, 0.3) is 0 Å². The SMILES string of the molecule is Cc1nccc(N2CCC(NC(=O)C3CC3)CC2)n1. The van der Waals surface area contributed by atoms with Gasteiger partial charge in [0.15, 0.2) is 0 Å². The zero-order valence-electron chi connectivity index (χ0n) is 11.3. The molecule has 2 aliphatic rings. The van der Waals surface area contributed by atoms with Crippen LogP contribution in [0, 0.1) is 12.8 Å². The molecular formula is C14H20N4O. The molecule has 0 bridgehead atoms. The van der Waals surface area contributed by atoms with E-state index in [4.69, 9.17) is 0 Å². The third kappa shape index (κ3) is 3.03. The van der Waals surface area contributed by atoms with Crippen molar-refractivity contribution in [1.29, 1.82) is 0 Å². The van der Waals surface area contributed by atoms with Crippen LogP contribution < -0.4 is 10.2 Å². The van der Waals surface area contributed by atoms with Crippen LogP contribution in [0.5, 0.6) is 0 Å². The third-order valence-corrected chi connectivity index (χ3v) is 3.87. The lowest BCUT2D eigenvalue weighted by atomic mass is 10.0. The van der Waals surface area contributed by atoms with Gasteiger partial charge in [-0.2, -0.15) is 0 Å². The summed E-state index contributed by atoms with van der Waals surface area (Å²) in [5.41, 5.74) is 0. The minimum absolute atomic E-state index is 0.260. The molecule has 0 atom stereocenters. The second-order valence-electron chi connectivity index (χ2n) is 5.51. The third-order valence-electron chi connectivity index (χ3n) is 3.87. The van der Waals surface area contributed by atoms with Gasteiger partial charge in [0.05, 0.1) is 0 Å². The second-order valence-corrected chi connectivity index (χ2v) is 5.51. The normalized spacial score (nSPS) is 20.4. The van der Waals surface area contributed by atoms with Crippen LogP contribution in [-0.4, -0.2) is 35.0 Å². The highest BCUT2D eigenvalue weighted by Crippen LogP contribution is 2.29. The zero-order chi connectivity index (χ0) is 13.2. The Hall–Kier alpha value is -1.65. The monoisotopic (exact) mass is 260 g/mol. The second kappa shape index (κ2) is 5.15. The van der Waals surface area contributed by atoms with E-state index in [2.05, 4.69) is 20.2 Å². The maximum Gasteiger partial charge on any atom is 0.223 e. The van der Waals surface area contributed by atoms with Crippen LogP contribution in [0.3, 0.4) is 0 Å². The fraction of sp³-hybridized carbons (Fsp3) is 0.643. The molecule has 0 spiro atoms. The molecule has 3 rings (SSSR count). The van der Waals surface area contributed by atoms with Gasteiger partial charge in [-0.05, 0) is 38.7 Å². The Morgan fingerprint density at radius 2 is 2.05 bits per heavy atom. The van der Waals surface area contributed by atoms with E-state index in [1.165, 1.54) is 0 Å². The van der Waals surface area contributed by atoms with Crippen molar-refractivity contribution in [3.8, 4) is 0 Å². The quantitative estimate of drug-likeness (QED) is 0.889. The van der Waals surface area contributed by atoms with Gasteiger partial charge < -0.3 is 10.2 Å². The van der Waals surface area contributed by atoms with E-state index >= 15 is 0 Å². The average molecular weight is 260 g/mol. The van der Waals surface area contributed by atoms with Crippen molar-refractivity contribution in [2.75, 3.05) is 18.0 Å². The number of anilines is 1. The van der Waals surface area contributed by atoms with Crippen molar-refractivity contribution >= 4 is 11.7 Å². The van der Waals surface area contributed by atoms with E-state index in [9.17, 15) is 4.79 Å². The van der Waals surface area contributed by atoms with E-state index in [-0.39, 0.29) is 5.91 Å². The largest absolute Gasteiger partial charge is 0.356 e.